The number of carbonyl (C=O) groups is 2. The zero-order valence-electron chi connectivity index (χ0n) is 28.8. The number of unbranched alkanes of at least 4 members (excludes halogenated alkanes) is 1. The monoisotopic (exact) mass is 836 g/mol. The second-order valence-electron chi connectivity index (χ2n) is 13.0. The second-order valence-corrected chi connectivity index (χ2v) is 20.4. The van der Waals surface area contributed by atoms with Gasteiger partial charge >= 0.3 is 30.6 Å². The number of carbonyl (C=O) groups excluding carboxylic acids is 2. The quantitative estimate of drug-likeness (QED) is 0.0274. The molecule has 1 aliphatic heterocycles. The highest BCUT2D eigenvalue weighted by Gasteiger charge is 2.44. The summed E-state index contributed by atoms with van der Waals surface area (Å²) in [6, 6.07) is 5.91. The zero-order chi connectivity index (χ0) is 38.6. The summed E-state index contributed by atoms with van der Waals surface area (Å²) in [5.41, 5.74) is 0.668. The first-order valence-electron chi connectivity index (χ1n) is 16.6. The summed E-state index contributed by atoms with van der Waals surface area (Å²) < 4.78 is 59.2. The minimum absolute atomic E-state index is 0.130. The Bertz CT molecular complexity index is 1450. The Hall–Kier alpha value is -0.825. The van der Waals surface area contributed by atoms with Gasteiger partial charge in [-0.05, 0) is 63.0 Å². The van der Waals surface area contributed by atoms with Gasteiger partial charge in [-0.25, -0.2) is 13.7 Å². The molecule has 1 aromatic rings. The highest BCUT2D eigenvalue weighted by molar-refractivity contribution is 8.77. The predicted molar refractivity (Wildman–Crippen MR) is 194 cm³/mol. The molecule has 52 heavy (non-hydrogen) atoms. The van der Waals surface area contributed by atoms with E-state index in [4.69, 9.17) is 33.8 Å². The molecule has 2 aliphatic rings. The lowest BCUT2D eigenvalue weighted by Gasteiger charge is -2.27. The number of hydrogen-bond donors (Lipinski definition) is 8. The van der Waals surface area contributed by atoms with Crippen LogP contribution in [0.15, 0.2) is 24.3 Å². The fraction of sp³-hybridized carbons (Fsp3) is 0.714. The highest BCUT2D eigenvalue weighted by atomic mass is 33.1. The van der Waals surface area contributed by atoms with Crippen LogP contribution in [0.5, 0.6) is 0 Å². The molecule has 0 spiro atoms. The Balaban J connectivity index is 1.38. The van der Waals surface area contributed by atoms with Gasteiger partial charge in [0.2, 0.25) is 5.91 Å². The van der Waals surface area contributed by atoms with Crippen LogP contribution < -0.4 is 16.1 Å². The fourth-order valence-corrected chi connectivity index (χ4v) is 10.8. The van der Waals surface area contributed by atoms with Gasteiger partial charge in [0.15, 0.2) is 0 Å². The van der Waals surface area contributed by atoms with Gasteiger partial charge in [-0.3, -0.25) is 14.1 Å². The van der Waals surface area contributed by atoms with E-state index in [0.29, 0.717) is 37.9 Å². The maximum Gasteiger partial charge on any atom is 0.490 e. The van der Waals surface area contributed by atoms with E-state index in [0.717, 1.165) is 32.1 Å². The normalized spacial score (nSPS) is 22.3. The van der Waals surface area contributed by atoms with E-state index in [9.17, 15) is 33.1 Å². The van der Waals surface area contributed by atoms with Crippen LogP contribution in [0.2, 0.25) is 0 Å². The van der Waals surface area contributed by atoms with Gasteiger partial charge in [-0.2, -0.15) is 8.62 Å². The average Bonchev–Trinajstić information content (AvgIpc) is 3.46. The molecule has 1 aliphatic carbocycles. The smallest absolute Gasteiger partial charge is 0.423 e. The molecule has 0 aromatic heterocycles. The molecule has 1 saturated carbocycles. The van der Waals surface area contributed by atoms with Crippen LogP contribution in [-0.4, -0.2) is 97.2 Å². The van der Waals surface area contributed by atoms with Crippen LogP contribution in [0.3, 0.4) is 0 Å². The van der Waals surface area contributed by atoms with Crippen molar-refractivity contribution >= 4 is 69.5 Å². The summed E-state index contributed by atoms with van der Waals surface area (Å²) in [6.45, 7) is 4.08. The van der Waals surface area contributed by atoms with E-state index in [1.54, 1.807) is 0 Å². The lowest BCUT2D eigenvalue weighted by Crippen LogP contribution is -2.36. The minimum atomic E-state index is -5.65. The van der Waals surface area contributed by atoms with Crippen molar-refractivity contribution in [2.75, 3.05) is 25.6 Å². The molecule has 5 atom stereocenters. The minimum Gasteiger partial charge on any atom is -0.423 e. The lowest BCUT2D eigenvalue weighted by molar-refractivity contribution is -0.121. The predicted octanol–water partition coefficient (Wildman–Crippen LogP) is 2.97. The number of benzene rings is 1. The van der Waals surface area contributed by atoms with E-state index < -0.39 is 49.4 Å². The molecule has 3 rings (SSSR count). The molecule has 3 unspecified atom stereocenters. The van der Waals surface area contributed by atoms with E-state index >= 15 is 0 Å². The van der Waals surface area contributed by atoms with E-state index in [-0.39, 0.29) is 46.4 Å². The van der Waals surface area contributed by atoms with E-state index in [1.807, 2.05) is 13.8 Å². The molecule has 1 aromatic carbocycles. The zero-order valence-corrected chi connectivity index (χ0v) is 33.1. The van der Waals surface area contributed by atoms with Crippen LogP contribution >= 0.6 is 45.1 Å². The number of amides is 2. The topological polar surface area (TPSA) is 277 Å². The summed E-state index contributed by atoms with van der Waals surface area (Å²) in [5, 5.41) is 24.0. The molecule has 1 heterocycles. The van der Waals surface area contributed by atoms with Gasteiger partial charge in [0.25, 0.3) is 5.91 Å². The van der Waals surface area contributed by atoms with Gasteiger partial charge in [0, 0.05) is 36.2 Å². The van der Waals surface area contributed by atoms with Crippen LogP contribution in [0.25, 0.3) is 0 Å². The first kappa shape index (κ1) is 45.6. The largest absolute Gasteiger partial charge is 0.490 e. The highest BCUT2D eigenvalue weighted by Crippen LogP contribution is 2.66. The van der Waals surface area contributed by atoms with Crippen molar-refractivity contribution < 1.29 is 75.5 Å². The molecule has 8 N–H and O–H groups in total. The Kier molecular flexibility index (Phi) is 18.3. The summed E-state index contributed by atoms with van der Waals surface area (Å²) in [5.74, 6) is 0.0209. The molecular weight excluding hydrogens is 788 g/mol. The molecule has 2 fully saturated rings. The lowest BCUT2D eigenvalue weighted by atomic mass is 9.80. The summed E-state index contributed by atoms with van der Waals surface area (Å²) in [4.78, 5) is 61.6. The van der Waals surface area contributed by atoms with Crippen molar-refractivity contribution in [3.8, 4) is 0 Å². The Morgan fingerprint density at radius 2 is 1.63 bits per heavy atom. The third-order valence-corrected chi connectivity index (χ3v) is 14.9. The number of hydrogen-bond acceptors (Lipinski definition) is 14. The van der Waals surface area contributed by atoms with Crippen molar-refractivity contribution in [1.29, 1.82) is 0 Å². The molecular formula is C28H48BN2O16P3S2. The molecule has 2 amide bonds. The van der Waals surface area contributed by atoms with Crippen molar-refractivity contribution in [2.45, 2.75) is 94.7 Å². The Morgan fingerprint density at radius 1 is 0.962 bits per heavy atom. The van der Waals surface area contributed by atoms with Gasteiger partial charge in [-0.1, -0.05) is 53.0 Å². The third kappa shape index (κ3) is 17.3. The summed E-state index contributed by atoms with van der Waals surface area (Å²) >= 11 is 0. The fourth-order valence-electron chi connectivity index (χ4n) is 5.60. The third-order valence-electron chi connectivity index (χ3n) is 8.14. The maximum atomic E-state index is 12.4. The van der Waals surface area contributed by atoms with Gasteiger partial charge < -0.3 is 49.7 Å². The van der Waals surface area contributed by atoms with E-state index in [1.165, 1.54) is 45.9 Å². The maximum absolute atomic E-state index is 12.4. The molecule has 0 bridgehead atoms. The average molecular weight is 837 g/mol. The number of rotatable bonds is 22. The van der Waals surface area contributed by atoms with Gasteiger partial charge in [-0.15, -0.1) is 0 Å². The first-order valence-corrected chi connectivity index (χ1v) is 23.5. The number of phosphoric acid groups is 3. The first-order chi connectivity index (χ1) is 24.2. The van der Waals surface area contributed by atoms with Crippen LogP contribution in [0, 0.1) is 5.92 Å². The summed E-state index contributed by atoms with van der Waals surface area (Å²) in [7, 11) is -15.2. The molecule has 0 radical (unpaired) electrons. The molecule has 24 heteroatoms. The van der Waals surface area contributed by atoms with E-state index in [2.05, 4.69) is 19.3 Å². The Morgan fingerprint density at radius 3 is 2.27 bits per heavy atom. The molecule has 296 valence electrons. The van der Waals surface area contributed by atoms with Crippen molar-refractivity contribution in [1.82, 2.24) is 10.6 Å². The number of nitrogens with one attached hydrogen (secondary N) is 2. The Labute approximate surface area is 310 Å². The standard InChI is InChI=1S/C28H48BN2O16P3S2/c1-28(2,18-31-26(32)10-6-7-15-30-27(33)21-11-13-22(14-12-21)29(34)35)52-51-19-43-24-16-23(20-8-4-3-5-9-20)45-25(24)17-44-49(39,40)47-50(41,42)46-48(36,37)38/h11-14,20,23-25,34-35H,3-10,15-19H2,1-2H3,(H,30,33)(H,31,32)(H,39,40)(H,41,42)(H2,36,37,38)/t23-,24-,25?/m1/s1. The van der Waals surface area contributed by atoms with Crippen molar-refractivity contribution in [3.63, 3.8) is 0 Å². The molecule has 18 nitrogen and oxygen atoms in total. The second kappa shape index (κ2) is 20.9. The summed E-state index contributed by atoms with van der Waals surface area (Å²) in [6.07, 6.45) is 5.42. The van der Waals surface area contributed by atoms with Crippen LogP contribution in [0.1, 0.15) is 82.0 Å². The van der Waals surface area contributed by atoms with Gasteiger partial charge in [0.05, 0.1) is 18.8 Å². The van der Waals surface area contributed by atoms with Crippen molar-refractivity contribution in [3.05, 3.63) is 29.8 Å². The van der Waals surface area contributed by atoms with Gasteiger partial charge in [0.1, 0.15) is 12.0 Å². The van der Waals surface area contributed by atoms with Crippen LogP contribution in [-0.2, 0) is 41.1 Å². The van der Waals surface area contributed by atoms with Crippen LogP contribution in [0.4, 0.5) is 0 Å². The number of phosphoric ester groups is 1. The molecule has 1 saturated heterocycles. The SMILES string of the molecule is CC(C)(CNC(=O)CCCCNC(=O)c1ccc(B(O)O)cc1)SSCO[C@@H]1C[C@H](C2CCCCC2)OC1COP(=O)(O)OP(=O)(O)OP(=O)(O)O. The van der Waals surface area contributed by atoms with Crippen molar-refractivity contribution in [2.24, 2.45) is 5.92 Å². The number of ether oxygens (including phenoxy) is 2.